The van der Waals surface area contributed by atoms with Gasteiger partial charge in [0.25, 0.3) is 0 Å². The van der Waals surface area contributed by atoms with Crippen molar-refractivity contribution in [2.75, 3.05) is 26.3 Å². The molecule has 1 saturated carbocycles. The molecule has 0 bridgehead atoms. The summed E-state index contributed by atoms with van der Waals surface area (Å²) >= 11 is 0. The van der Waals surface area contributed by atoms with Crippen molar-refractivity contribution in [3.8, 4) is 0 Å². The summed E-state index contributed by atoms with van der Waals surface area (Å²) in [5.74, 6) is -0.0174. The van der Waals surface area contributed by atoms with Gasteiger partial charge >= 0.3 is 6.18 Å². The van der Waals surface area contributed by atoms with Crippen LogP contribution in [0.15, 0.2) is 0 Å². The van der Waals surface area contributed by atoms with Gasteiger partial charge in [0.05, 0.1) is 6.61 Å². The van der Waals surface area contributed by atoms with Crippen molar-refractivity contribution in [3.63, 3.8) is 0 Å². The Morgan fingerprint density at radius 3 is 2.59 bits per heavy atom. The first-order valence-corrected chi connectivity index (χ1v) is 5.62. The van der Waals surface area contributed by atoms with Crippen molar-refractivity contribution in [2.45, 2.75) is 31.5 Å². The molecule has 0 heterocycles. The smallest absolute Gasteiger partial charge is 0.371 e. The van der Waals surface area contributed by atoms with Crippen LogP contribution in [0.4, 0.5) is 13.2 Å². The van der Waals surface area contributed by atoms with Crippen molar-refractivity contribution in [1.29, 1.82) is 0 Å². The fourth-order valence-electron chi connectivity index (χ4n) is 1.19. The van der Waals surface area contributed by atoms with Crippen molar-refractivity contribution >= 4 is 5.91 Å². The minimum Gasteiger partial charge on any atom is -0.371 e. The highest BCUT2D eigenvalue weighted by molar-refractivity contribution is 5.76. The Kier molecular flexibility index (Phi) is 5.70. The highest BCUT2D eigenvalue weighted by atomic mass is 19.4. The number of alkyl halides is 3. The van der Waals surface area contributed by atoms with Gasteiger partial charge in [-0.2, -0.15) is 13.2 Å². The molecule has 0 aromatic carbocycles. The molecule has 0 spiro atoms. The second-order valence-corrected chi connectivity index (χ2v) is 4.01. The monoisotopic (exact) mass is 254 g/mol. The van der Waals surface area contributed by atoms with Crippen LogP contribution in [0, 0.1) is 0 Å². The Hall–Kier alpha value is -0.820. The van der Waals surface area contributed by atoms with E-state index < -0.39 is 12.8 Å². The summed E-state index contributed by atoms with van der Waals surface area (Å²) in [5, 5.41) is 5.66. The normalized spacial score (nSPS) is 15.9. The Morgan fingerprint density at radius 2 is 2.00 bits per heavy atom. The lowest BCUT2D eigenvalue weighted by Crippen LogP contribution is -2.30. The predicted molar refractivity (Wildman–Crippen MR) is 55.5 cm³/mol. The molecule has 4 nitrogen and oxygen atoms in total. The predicted octanol–water partition coefficient (Wildman–Crippen LogP) is 0.824. The van der Waals surface area contributed by atoms with E-state index in [1.807, 2.05) is 0 Å². The number of hydrogen-bond acceptors (Lipinski definition) is 3. The van der Waals surface area contributed by atoms with E-state index in [4.69, 9.17) is 0 Å². The summed E-state index contributed by atoms with van der Waals surface area (Å²) < 4.78 is 39.4. The lowest BCUT2D eigenvalue weighted by Gasteiger charge is -2.08. The van der Waals surface area contributed by atoms with Crippen molar-refractivity contribution < 1.29 is 22.7 Å². The maximum atomic E-state index is 11.7. The van der Waals surface area contributed by atoms with Crippen LogP contribution in [-0.4, -0.2) is 44.4 Å². The number of carbonyl (C=O) groups excluding carboxylic acids is 1. The van der Waals surface area contributed by atoms with Crippen LogP contribution in [0.25, 0.3) is 0 Å². The molecular formula is C10H17F3N2O2. The number of halogens is 3. The van der Waals surface area contributed by atoms with Gasteiger partial charge in [0.2, 0.25) is 5.91 Å². The Labute approximate surface area is 97.9 Å². The van der Waals surface area contributed by atoms with Gasteiger partial charge in [-0.25, -0.2) is 0 Å². The molecule has 0 aromatic rings. The molecule has 17 heavy (non-hydrogen) atoms. The van der Waals surface area contributed by atoms with Gasteiger partial charge in [0, 0.05) is 25.6 Å². The third-order valence-corrected chi connectivity index (χ3v) is 2.16. The lowest BCUT2D eigenvalue weighted by atomic mass is 10.4. The zero-order valence-electron chi connectivity index (χ0n) is 9.48. The largest absolute Gasteiger partial charge is 0.411 e. The highest BCUT2D eigenvalue weighted by Gasteiger charge is 2.27. The average Bonchev–Trinajstić information content (AvgIpc) is 2.98. The van der Waals surface area contributed by atoms with Crippen molar-refractivity contribution in [3.05, 3.63) is 0 Å². The van der Waals surface area contributed by atoms with Crippen LogP contribution in [-0.2, 0) is 9.53 Å². The highest BCUT2D eigenvalue weighted by Crippen LogP contribution is 2.18. The number of nitrogens with one attached hydrogen (secondary N) is 2. The van der Waals surface area contributed by atoms with E-state index in [0.29, 0.717) is 25.6 Å². The maximum Gasteiger partial charge on any atom is 0.411 e. The van der Waals surface area contributed by atoms with Crippen LogP contribution < -0.4 is 10.6 Å². The Bertz CT molecular complexity index is 242. The molecule has 7 heteroatoms. The van der Waals surface area contributed by atoms with Gasteiger partial charge in [-0.15, -0.1) is 0 Å². The Morgan fingerprint density at radius 1 is 1.29 bits per heavy atom. The molecule has 100 valence electrons. The first-order valence-electron chi connectivity index (χ1n) is 5.62. The van der Waals surface area contributed by atoms with Crippen molar-refractivity contribution in [1.82, 2.24) is 10.6 Å². The van der Waals surface area contributed by atoms with Gasteiger partial charge in [0.15, 0.2) is 0 Å². The van der Waals surface area contributed by atoms with Gasteiger partial charge in [-0.3, -0.25) is 4.79 Å². The van der Waals surface area contributed by atoms with Gasteiger partial charge in [-0.05, 0) is 12.8 Å². The second-order valence-electron chi connectivity index (χ2n) is 4.01. The van der Waals surface area contributed by atoms with E-state index in [0.717, 1.165) is 12.8 Å². The molecule has 0 unspecified atom stereocenters. The number of rotatable bonds is 8. The summed E-state index contributed by atoms with van der Waals surface area (Å²) in [7, 11) is 0. The fourth-order valence-corrected chi connectivity index (χ4v) is 1.19. The van der Waals surface area contributed by atoms with Crippen LogP contribution in [0.3, 0.4) is 0 Å². The van der Waals surface area contributed by atoms with E-state index in [2.05, 4.69) is 15.4 Å². The molecule has 0 atom stereocenters. The number of ether oxygens (including phenoxy) is 1. The summed E-state index contributed by atoms with van der Waals surface area (Å²) in [4.78, 5) is 11.2. The standard InChI is InChI=1S/C10H17F3N2O2/c11-10(12,13)7-17-6-5-14-4-3-9(16)15-8-1-2-8/h8,14H,1-7H2,(H,15,16). The lowest BCUT2D eigenvalue weighted by molar-refractivity contribution is -0.173. The second kappa shape index (κ2) is 6.80. The van der Waals surface area contributed by atoms with E-state index in [9.17, 15) is 18.0 Å². The van der Waals surface area contributed by atoms with Gasteiger partial charge < -0.3 is 15.4 Å². The van der Waals surface area contributed by atoms with Crippen LogP contribution in [0.5, 0.6) is 0 Å². The van der Waals surface area contributed by atoms with E-state index in [1.165, 1.54) is 0 Å². The summed E-state index contributed by atoms with van der Waals surface area (Å²) in [6, 6.07) is 0.345. The van der Waals surface area contributed by atoms with Gasteiger partial charge in [-0.1, -0.05) is 0 Å². The third kappa shape index (κ3) is 8.93. The molecule has 1 amide bonds. The number of hydrogen-bond donors (Lipinski definition) is 2. The molecule has 0 radical (unpaired) electrons. The third-order valence-electron chi connectivity index (χ3n) is 2.16. The van der Waals surface area contributed by atoms with E-state index in [1.54, 1.807) is 0 Å². The first-order chi connectivity index (χ1) is 7.97. The molecule has 1 aliphatic rings. The summed E-state index contributed by atoms with van der Waals surface area (Å²) in [6.07, 6.45) is -1.84. The molecule has 1 aliphatic carbocycles. The van der Waals surface area contributed by atoms with E-state index >= 15 is 0 Å². The van der Waals surface area contributed by atoms with Crippen LogP contribution in [0.2, 0.25) is 0 Å². The fraction of sp³-hybridized carbons (Fsp3) is 0.900. The van der Waals surface area contributed by atoms with Crippen LogP contribution in [0.1, 0.15) is 19.3 Å². The van der Waals surface area contributed by atoms with E-state index in [-0.39, 0.29) is 12.5 Å². The van der Waals surface area contributed by atoms with Crippen molar-refractivity contribution in [2.24, 2.45) is 0 Å². The molecule has 1 fully saturated rings. The average molecular weight is 254 g/mol. The number of amides is 1. The van der Waals surface area contributed by atoms with Gasteiger partial charge in [0.1, 0.15) is 6.61 Å². The minimum absolute atomic E-state index is 0.0102. The molecule has 0 saturated heterocycles. The molecular weight excluding hydrogens is 237 g/mol. The van der Waals surface area contributed by atoms with Crippen LogP contribution >= 0.6 is 0 Å². The minimum atomic E-state index is -4.27. The first kappa shape index (κ1) is 14.2. The molecule has 1 rings (SSSR count). The quantitative estimate of drug-likeness (QED) is 0.631. The maximum absolute atomic E-state index is 11.7. The summed E-state index contributed by atoms with van der Waals surface area (Å²) in [6.45, 7) is -0.471. The Balaban J connectivity index is 1.82. The topological polar surface area (TPSA) is 50.4 Å². The summed E-state index contributed by atoms with van der Waals surface area (Å²) in [5.41, 5.74) is 0. The zero-order valence-corrected chi connectivity index (χ0v) is 9.48. The molecule has 0 aromatic heterocycles. The molecule has 0 aliphatic heterocycles. The zero-order chi connectivity index (χ0) is 12.7. The number of carbonyl (C=O) groups is 1. The molecule has 2 N–H and O–H groups in total. The SMILES string of the molecule is O=C(CCNCCOCC(F)(F)F)NC1CC1.